The minimum atomic E-state index is -0.517. The topological polar surface area (TPSA) is 76.0 Å². The molecule has 2 rings (SSSR count). The van der Waals surface area contributed by atoms with Crippen molar-refractivity contribution in [3.05, 3.63) is 48.5 Å². The van der Waals surface area contributed by atoms with Gasteiger partial charge in [0.05, 0.1) is 17.6 Å². The number of nitrogens with zero attached hydrogens (tertiary/aromatic N) is 2. The second-order valence-electron chi connectivity index (χ2n) is 7.01. The Morgan fingerprint density at radius 3 is 2.60 bits per heavy atom. The molecular formula is C19H26N4O2. The number of amides is 2. The molecule has 2 aromatic rings. The van der Waals surface area contributed by atoms with Gasteiger partial charge in [0.25, 0.3) is 5.91 Å². The van der Waals surface area contributed by atoms with Crippen molar-refractivity contribution in [3.8, 4) is 0 Å². The number of unbranched alkanes of at least 4 members (excludes halogenated alkanes) is 1. The highest BCUT2D eigenvalue weighted by molar-refractivity contribution is 6.04. The van der Waals surface area contributed by atoms with E-state index in [0.29, 0.717) is 17.8 Å². The average Bonchev–Trinajstić information content (AvgIpc) is 3.07. The average molecular weight is 342 g/mol. The van der Waals surface area contributed by atoms with Crippen molar-refractivity contribution in [1.29, 1.82) is 0 Å². The first-order chi connectivity index (χ1) is 11.9. The summed E-state index contributed by atoms with van der Waals surface area (Å²) in [5.41, 5.74) is 0.504. The Labute approximate surface area is 148 Å². The molecule has 0 saturated heterocycles. The fourth-order valence-corrected chi connectivity index (χ4v) is 2.24. The summed E-state index contributed by atoms with van der Waals surface area (Å²) in [5.74, 6) is -0.291. The Bertz CT molecular complexity index is 702. The van der Waals surface area contributed by atoms with E-state index in [1.165, 1.54) is 0 Å². The minimum Gasteiger partial charge on any atom is -0.352 e. The fourth-order valence-electron chi connectivity index (χ4n) is 2.24. The van der Waals surface area contributed by atoms with Gasteiger partial charge in [-0.1, -0.05) is 32.9 Å². The zero-order valence-electron chi connectivity index (χ0n) is 15.1. The number of hydrogen-bond donors (Lipinski definition) is 2. The SMILES string of the molecule is CC(C)(C)C(=O)Nc1ccccc1C(=O)NCCCCn1ccnc1. The fraction of sp³-hybridized carbons (Fsp3) is 0.421. The standard InChI is InChI=1S/C19H26N4O2/c1-19(2,3)18(25)22-16-9-5-4-8-15(16)17(24)21-10-6-7-12-23-13-11-20-14-23/h4-5,8-9,11,13-14H,6-7,10,12H2,1-3H3,(H,21,24)(H,22,25). The smallest absolute Gasteiger partial charge is 0.253 e. The van der Waals surface area contributed by atoms with Gasteiger partial charge in [-0.2, -0.15) is 0 Å². The molecule has 0 bridgehead atoms. The molecule has 0 unspecified atom stereocenters. The molecule has 2 N–H and O–H groups in total. The number of benzene rings is 1. The zero-order valence-corrected chi connectivity index (χ0v) is 15.1. The molecule has 0 saturated carbocycles. The number of imidazole rings is 1. The lowest BCUT2D eigenvalue weighted by atomic mass is 9.95. The van der Waals surface area contributed by atoms with Crippen LogP contribution in [0.1, 0.15) is 44.0 Å². The highest BCUT2D eigenvalue weighted by Gasteiger charge is 2.22. The normalized spacial score (nSPS) is 11.2. The van der Waals surface area contributed by atoms with Gasteiger partial charge in [-0.3, -0.25) is 9.59 Å². The van der Waals surface area contributed by atoms with Gasteiger partial charge in [0.2, 0.25) is 5.91 Å². The summed E-state index contributed by atoms with van der Waals surface area (Å²) in [6.45, 7) is 6.99. The van der Waals surface area contributed by atoms with Gasteiger partial charge in [0.1, 0.15) is 0 Å². The van der Waals surface area contributed by atoms with Crippen LogP contribution in [0.5, 0.6) is 0 Å². The summed E-state index contributed by atoms with van der Waals surface area (Å²) in [4.78, 5) is 28.6. The Hall–Kier alpha value is -2.63. The molecule has 0 aliphatic rings. The highest BCUT2D eigenvalue weighted by Crippen LogP contribution is 2.20. The second kappa shape index (κ2) is 8.46. The van der Waals surface area contributed by atoms with Crippen LogP contribution in [0.3, 0.4) is 0 Å². The number of carbonyl (C=O) groups excluding carboxylic acids is 2. The number of anilines is 1. The maximum absolute atomic E-state index is 12.4. The summed E-state index contributed by atoms with van der Waals surface area (Å²) < 4.78 is 2.01. The zero-order chi connectivity index (χ0) is 18.3. The minimum absolute atomic E-state index is 0.118. The van der Waals surface area contributed by atoms with Crippen molar-refractivity contribution < 1.29 is 9.59 Å². The Morgan fingerprint density at radius 1 is 1.16 bits per heavy atom. The molecule has 0 radical (unpaired) electrons. The van der Waals surface area contributed by atoms with Crippen LogP contribution >= 0.6 is 0 Å². The van der Waals surface area contributed by atoms with E-state index in [4.69, 9.17) is 0 Å². The molecule has 25 heavy (non-hydrogen) atoms. The van der Waals surface area contributed by atoms with Gasteiger partial charge < -0.3 is 15.2 Å². The number of aryl methyl sites for hydroxylation is 1. The molecule has 0 aliphatic heterocycles. The van der Waals surface area contributed by atoms with E-state index in [1.807, 2.05) is 31.5 Å². The number of para-hydroxylation sites is 1. The first-order valence-corrected chi connectivity index (χ1v) is 8.52. The maximum Gasteiger partial charge on any atom is 0.253 e. The van der Waals surface area contributed by atoms with Gasteiger partial charge in [-0.15, -0.1) is 0 Å². The number of hydrogen-bond acceptors (Lipinski definition) is 3. The van der Waals surface area contributed by atoms with Crippen molar-refractivity contribution in [2.24, 2.45) is 5.41 Å². The maximum atomic E-state index is 12.4. The third-order valence-electron chi connectivity index (χ3n) is 3.79. The summed E-state index contributed by atoms with van der Waals surface area (Å²) in [5, 5.41) is 5.76. The van der Waals surface area contributed by atoms with E-state index in [-0.39, 0.29) is 11.8 Å². The van der Waals surface area contributed by atoms with E-state index in [1.54, 1.807) is 36.8 Å². The number of carbonyl (C=O) groups is 2. The lowest BCUT2D eigenvalue weighted by molar-refractivity contribution is -0.123. The molecule has 6 heteroatoms. The van der Waals surface area contributed by atoms with Gasteiger partial charge in [0.15, 0.2) is 0 Å². The number of nitrogens with one attached hydrogen (secondary N) is 2. The molecule has 134 valence electrons. The summed E-state index contributed by atoms with van der Waals surface area (Å²) in [6, 6.07) is 7.07. The summed E-state index contributed by atoms with van der Waals surface area (Å²) in [7, 11) is 0. The number of rotatable bonds is 7. The Morgan fingerprint density at radius 2 is 1.92 bits per heavy atom. The third kappa shape index (κ3) is 5.74. The molecule has 0 spiro atoms. The molecule has 1 heterocycles. The Kier molecular flexibility index (Phi) is 6.33. The first-order valence-electron chi connectivity index (χ1n) is 8.52. The van der Waals surface area contributed by atoms with E-state index in [9.17, 15) is 9.59 Å². The lowest BCUT2D eigenvalue weighted by Crippen LogP contribution is -2.30. The number of aromatic nitrogens is 2. The van der Waals surface area contributed by atoms with Crippen molar-refractivity contribution in [2.45, 2.75) is 40.2 Å². The second-order valence-corrected chi connectivity index (χ2v) is 7.01. The van der Waals surface area contributed by atoms with E-state index < -0.39 is 5.41 Å². The molecule has 0 fully saturated rings. The van der Waals surface area contributed by atoms with Gasteiger partial charge in [-0.25, -0.2) is 4.98 Å². The van der Waals surface area contributed by atoms with Gasteiger partial charge in [0, 0.05) is 30.9 Å². The monoisotopic (exact) mass is 342 g/mol. The molecule has 0 atom stereocenters. The molecule has 1 aromatic carbocycles. The van der Waals surface area contributed by atoms with Crippen molar-refractivity contribution >= 4 is 17.5 Å². The predicted molar refractivity (Wildman–Crippen MR) is 98.3 cm³/mol. The quantitative estimate of drug-likeness (QED) is 0.759. The van der Waals surface area contributed by atoms with E-state index in [0.717, 1.165) is 19.4 Å². The summed E-state index contributed by atoms with van der Waals surface area (Å²) in [6.07, 6.45) is 7.30. The lowest BCUT2D eigenvalue weighted by Gasteiger charge is -2.19. The molecule has 2 amide bonds. The molecule has 0 aliphatic carbocycles. The van der Waals surface area contributed by atoms with Crippen molar-refractivity contribution in [1.82, 2.24) is 14.9 Å². The largest absolute Gasteiger partial charge is 0.352 e. The molecular weight excluding hydrogens is 316 g/mol. The van der Waals surface area contributed by atoms with Crippen LogP contribution in [0.25, 0.3) is 0 Å². The van der Waals surface area contributed by atoms with Gasteiger partial charge in [-0.05, 0) is 25.0 Å². The van der Waals surface area contributed by atoms with Crippen LogP contribution in [-0.2, 0) is 11.3 Å². The molecule has 1 aromatic heterocycles. The van der Waals surface area contributed by atoms with Crippen LogP contribution in [0, 0.1) is 5.41 Å². The van der Waals surface area contributed by atoms with Crippen LogP contribution in [0.4, 0.5) is 5.69 Å². The highest BCUT2D eigenvalue weighted by atomic mass is 16.2. The van der Waals surface area contributed by atoms with Crippen LogP contribution in [0.2, 0.25) is 0 Å². The predicted octanol–water partition coefficient (Wildman–Crippen LogP) is 3.08. The van der Waals surface area contributed by atoms with Crippen molar-refractivity contribution in [2.75, 3.05) is 11.9 Å². The van der Waals surface area contributed by atoms with E-state index in [2.05, 4.69) is 15.6 Å². The third-order valence-corrected chi connectivity index (χ3v) is 3.79. The Balaban J connectivity index is 1.85. The van der Waals surface area contributed by atoms with Crippen LogP contribution < -0.4 is 10.6 Å². The van der Waals surface area contributed by atoms with Crippen LogP contribution in [0.15, 0.2) is 43.0 Å². The molecule has 6 nitrogen and oxygen atoms in total. The first kappa shape index (κ1) is 18.7. The van der Waals surface area contributed by atoms with E-state index >= 15 is 0 Å². The van der Waals surface area contributed by atoms with Crippen LogP contribution in [-0.4, -0.2) is 27.9 Å². The summed E-state index contributed by atoms with van der Waals surface area (Å²) >= 11 is 0. The van der Waals surface area contributed by atoms with Crippen molar-refractivity contribution in [3.63, 3.8) is 0 Å². The van der Waals surface area contributed by atoms with Gasteiger partial charge >= 0.3 is 0 Å².